The van der Waals surface area contributed by atoms with E-state index in [2.05, 4.69) is 30.6 Å². The van der Waals surface area contributed by atoms with Gasteiger partial charge in [0.15, 0.2) is 0 Å². The molecule has 2 aromatic carbocycles. The summed E-state index contributed by atoms with van der Waals surface area (Å²) in [6, 6.07) is 9.87. The van der Waals surface area contributed by atoms with Crippen LogP contribution in [0, 0.1) is 0 Å². The van der Waals surface area contributed by atoms with E-state index in [4.69, 9.17) is 0 Å². The van der Waals surface area contributed by atoms with Gasteiger partial charge in [0.05, 0.1) is 21.6 Å². The van der Waals surface area contributed by atoms with Crippen LogP contribution in [0.4, 0.5) is 18.9 Å². The monoisotopic (exact) mass is 419 g/mol. The summed E-state index contributed by atoms with van der Waals surface area (Å²) < 4.78 is 65.5. The van der Waals surface area contributed by atoms with Crippen LogP contribution in [0.15, 0.2) is 51.8 Å². The lowest BCUT2D eigenvalue weighted by atomic mass is 10.3. The number of imidazole rings is 1. The standard InChI is InChI=1S/C14H9BrF3N3O2S/c15-8-1-4-10(5-2-8)24(22,23)21-9-3-6-11-12(7-9)20-13(19-11)14(16,17)18/h1-7,21H,(H,19,20). The summed E-state index contributed by atoms with van der Waals surface area (Å²) in [5.41, 5.74) is 0.301. The average Bonchev–Trinajstić information content (AvgIpc) is 2.90. The lowest BCUT2D eigenvalue weighted by Gasteiger charge is -2.08. The fourth-order valence-electron chi connectivity index (χ4n) is 2.04. The Balaban J connectivity index is 1.93. The van der Waals surface area contributed by atoms with Gasteiger partial charge in [-0.2, -0.15) is 13.2 Å². The molecule has 0 aliphatic heterocycles. The van der Waals surface area contributed by atoms with Crippen LogP contribution in [0.1, 0.15) is 5.82 Å². The quantitative estimate of drug-likeness (QED) is 0.669. The van der Waals surface area contributed by atoms with E-state index < -0.39 is 22.0 Å². The lowest BCUT2D eigenvalue weighted by Crippen LogP contribution is -2.12. The first-order valence-corrected chi connectivity index (χ1v) is 8.78. The van der Waals surface area contributed by atoms with Crippen molar-refractivity contribution in [2.45, 2.75) is 11.1 Å². The van der Waals surface area contributed by atoms with Gasteiger partial charge in [0, 0.05) is 4.47 Å². The minimum Gasteiger partial charge on any atom is -0.334 e. The molecule has 0 radical (unpaired) electrons. The summed E-state index contributed by atoms with van der Waals surface area (Å²) in [6.07, 6.45) is -4.60. The van der Waals surface area contributed by atoms with Gasteiger partial charge in [-0.15, -0.1) is 0 Å². The number of benzene rings is 2. The molecule has 0 saturated heterocycles. The molecule has 2 N–H and O–H groups in total. The zero-order chi connectivity index (χ0) is 17.5. The molecule has 10 heteroatoms. The number of H-pyrrole nitrogens is 1. The molecule has 0 amide bonds. The van der Waals surface area contributed by atoms with Crippen LogP contribution < -0.4 is 4.72 Å². The van der Waals surface area contributed by atoms with Crippen LogP contribution in [-0.4, -0.2) is 18.4 Å². The number of fused-ring (bicyclic) bond motifs is 1. The average molecular weight is 420 g/mol. The second kappa shape index (κ2) is 5.78. The molecule has 0 spiro atoms. The number of halogens is 4. The third-order valence-corrected chi connectivity index (χ3v) is 5.05. The molecule has 126 valence electrons. The summed E-state index contributed by atoms with van der Waals surface area (Å²) in [6.45, 7) is 0. The Morgan fingerprint density at radius 2 is 1.75 bits per heavy atom. The minimum atomic E-state index is -4.60. The molecule has 0 fully saturated rings. The predicted octanol–water partition coefficient (Wildman–Crippen LogP) is 4.15. The van der Waals surface area contributed by atoms with E-state index in [1.165, 1.54) is 30.3 Å². The molecule has 3 aromatic rings. The minimum absolute atomic E-state index is 0.0337. The van der Waals surface area contributed by atoms with Crippen LogP contribution >= 0.6 is 15.9 Å². The first-order valence-electron chi connectivity index (χ1n) is 6.50. The van der Waals surface area contributed by atoms with Gasteiger partial charge in [0.1, 0.15) is 0 Å². The summed E-state index contributed by atoms with van der Waals surface area (Å²) in [4.78, 5) is 5.59. The van der Waals surface area contributed by atoms with Crippen LogP contribution in [-0.2, 0) is 16.2 Å². The van der Waals surface area contributed by atoms with Crippen LogP contribution in [0.5, 0.6) is 0 Å². The molecule has 0 aliphatic carbocycles. The van der Waals surface area contributed by atoms with Gasteiger partial charge >= 0.3 is 6.18 Å². The number of nitrogens with one attached hydrogen (secondary N) is 2. The zero-order valence-electron chi connectivity index (χ0n) is 11.7. The Morgan fingerprint density at radius 1 is 1.08 bits per heavy atom. The van der Waals surface area contributed by atoms with Crippen molar-refractivity contribution in [3.8, 4) is 0 Å². The van der Waals surface area contributed by atoms with Gasteiger partial charge in [-0.1, -0.05) is 15.9 Å². The molecule has 0 atom stereocenters. The maximum Gasteiger partial charge on any atom is 0.449 e. The highest BCUT2D eigenvalue weighted by atomic mass is 79.9. The highest BCUT2D eigenvalue weighted by molar-refractivity contribution is 9.10. The number of rotatable bonds is 3. The number of hydrogen-bond donors (Lipinski definition) is 2. The van der Waals surface area contributed by atoms with Crippen molar-refractivity contribution in [1.82, 2.24) is 9.97 Å². The van der Waals surface area contributed by atoms with E-state index >= 15 is 0 Å². The number of nitrogens with zero attached hydrogens (tertiary/aromatic N) is 1. The Hall–Kier alpha value is -2.07. The normalized spacial score (nSPS) is 12.5. The second-order valence-electron chi connectivity index (χ2n) is 4.87. The first-order chi connectivity index (χ1) is 11.1. The van der Waals surface area contributed by atoms with Crippen molar-refractivity contribution in [3.63, 3.8) is 0 Å². The van der Waals surface area contributed by atoms with E-state index in [0.717, 1.165) is 4.47 Å². The van der Waals surface area contributed by atoms with E-state index in [-0.39, 0.29) is 21.6 Å². The van der Waals surface area contributed by atoms with Crippen LogP contribution in [0.2, 0.25) is 0 Å². The molecule has 1 aromatic heterocycles. The van der Waals surface area contributed by atoms with Crippen molar-refractivity contribution < 1.29 is 21.6 Å². The summed E-state index contributed by atoms with van der Waals surface area (Å²) in [7, 11) is -3.85. The molecular formula is C14H9BrF3N3O2S. The molecule has 3 rings (SSSR count). The highest BCUT2D eigenvalue weighted by Crippen LogP contribution is 2.29. The predicted molar refractivity (Wildman–Crippen MR) is 86.0 cm³/mol. The first kappa shape index (κ1) is 16.8. The lowest BCUT2D eigenvalue weighted by molar-refractivity contribution is -0.144. The summed E-state index contributed by atoms with van der Waals surface area (Å²) in [5.74, 6) is -1.13. The van der Waals surface area contributed by atoms with E-state index in [1.807, 2.05) is 0 Å². The summed E-state index contributed by atoms with van der Waals surface area (Å²) >= 11 is 3.21. The number of sulfonamides is 1. The van der Waals surface area contributed by atoms with Crippen molar-refractivity contribution in [3.05, 3.63) is 52.8 Å². The Kier molecular flexibility index (Phi) is 4.04. The fraction of sp³-hybridized carbons (Fsp3) is 0.0714. The number of hydrogen-bond acceptors (Lipinski definition) is 3. The molecule has 24 heavy (non-hydrogen) atoms. The molecular weight excluding hydrogens is 411 g/mol. The third kappa shape index (κ3) is 3.39. The van der Waals surface area contributed by atoms with Gasteiger partial charge in [0.2, 0.25) is 5.82 Å². The number of aromatic amines is 1. The summed E-state index contributed by atoms with van der Waals surface area (Å²) in [5, 5.41) is 0. The van der Waals surface area contributed by atoms with Crippen molar-refractivity contribution in [2.75, 3.05) is 4.72 Å². The van der Waals surface area contributed by atoms with Crippen LogP contribution in [0.25, 0.3) is 11.0 Å². The number of alkyl halides is 3. The SMILES string of the molecule is O=S(=O)(Nc1ccc2nc(C(F)(F)F)[nH]c2c1)c1ccc(Br)cc1. The Morgan fingerprint density at radius 3 is 2.38 bits per heavy atom. The number of anilines is 1. The molecule has 5 nitrogen and oxygen atoms in total. The van der Waals surface area contributed by atoms with Gasteiger partial charge in [-0.3, -0.25) is 4.72 Å². The van der Waals surface area contributed by atoms with Gasteiger partial charge < -0.3 is 4.98 Å². The largest absolute Gasteiger partial charge is 0.449 e. The fourth-order valence-corrected chi connectivity index (χ4v) is 3.35. The topological polar surface area (TPSA) is 74.8 Å². The zero-order valence-corrected chi connectivity index (χ0v) is 14.1. The Bertz CT molecular complexity index is 998. The van der Waals surface area contributed by atoms with Gasteiger partial charge in [-0.25, -0.2) is 13.4 Å². The maximum absolute atomic E-state index is 12.6. The second-order valence-corrected chi connectivity index (χ2v) is 7.47. The van der Waals surface area contributed by atoms with E-state index in [1.54, 1.807) is 12.1 Å². The van der Waals surface area contributed by atoms with Crippen molar-refractivity contribution in [2.24, 2.45) is 0 Å². The van der Waals surface area contributed by atoms with Crippen molar-refractivity contribution in [1.29, 1.82) is 0 Å². The molecule has 0 unspecified atom stereocenters. The van der Waals surface area contributed by atoms with Gasteiger partial charge in [-0.05, 0) is 42.5 Å². The Labute approximate surface area is 143 Å². The molecule has 0 saturated carbocycles. The van der Waals surface area contributed by atoms with Gasteiger partial charge in [0.25, 0.3) is 10.0 Å². The van der Waals surface area contributed by atoms with Crippen LogP contribution in [0.3, 0.4) is 0 Å². The number of aromatic nitrogens is 2. The van der Waals surface area contributed by atoms with E-state index in [0.29, 0.717) is 0 Å². The smallest absolute Gasteiger partial charge is 0.334 e. The maximum atomic E-state index is 12.6. The molecule has 0 aliphatic rings. The van der Waals surface area contributed by atoms with Crippen molar-refractivity contribution >= 4 is 42.7 Å². The molecule has 1 heterocycles. The van der Waals surface area contributed by atoms with E-state index in [9.17, 15) is 21.6 Å². The molecule has 0 bridgehead atoms. The highest BCUT2D eigenvalue weighted by Gasteiger charge is 2.34. The third-order valence-electron chi connectivity index (χ3n) is 3.13.